The average Bonchev–Trinajstić information content (AvgIpc) is 1.81. The Labute approximate surface area is 504 Å². The molecule has 0 spiro atoms. The molecule has 0 N–H and O–H groups in total. The summed E-state index contributed by atoms with van der Waals surface area (Å²) in [5.41, 5.74) is 24.7. The van der Waals surface area contributed by atoms with Crippen molar-refractivity contribution in [3.63, 3.8) is 0 Å². The smallest absolute Gasteiger partial charge is 0.227 e. The van der Waals surface area contributed by atoms with Crippen LogP contribution in [0.15, 0.2) is 336 Å². The van der Waals surface area contributed by atoms with Gasteiger partial charge in [0.2, 0.25) is 11.8 Å². The minimum atomic E-state index is -0.689. The molecule has 87 heavy (non-hydrogen) atoms. The van der Waals surface area contributed by atoms with Crippen LogP contribution in [0.5, 0.6) is 0 Å². The summed E-state index contributed by atoms with van der Waals surface area (Å²) in [6, 6.07) is 117. The lowest BCUT2D eigenvalue weighted by Crippen LogP contribution is -2.28. The van der Waals surface area contributed by atoms with Crippen LogP contribution in [0.3, 0.4) is 0 Å². The molecule has 0 fully saturated rings. The molecule has 1 aliphatic carbocycles. The molecule has 2 aromatic heterocycles. The first-order chi connectivity index (χ1) is 43.1. The summed E-state index contributed by atoms with van der Waals surface area (Å²) >= 11 is 0. The monoisotopic (exact) mass is 1110 g/mol. The largest absolute Gasteiger partial charge is 0.436 e. The van der Waals surface area contributed by atoms with Crippen molar-refractivity contribution in [2.75, 3.05) is 9.80 Å². The molecule has 0 saturated heterocycles. The van der Waals surface area contributed by atoms with Crippen molar-refractivity contribution < 1.29 is 8.83 Å². The van der Waals surface area contributed by atoms with Crippen molar-refractivity contribution in [1.29, 1.82) is 0 Å². The zero-order valence-corrected chi connectivity index (χ0v) is 47.3. The number of anilines is 6. The first kappa shape index (κ1) is 51.1. The number of nitrogens with zero attached hydrogens (tertiary/aromatic N) is 4. The van der Waals surface area contributed by atoms with Gasteiger partial charge < -0.3 is 18.6 Å². The fourth-order valence-electron chi connectivity index (χ4n) is 12.9. The molecule has 0 atom stereocenters. The Bertz CT molecular complexity index is 4820. The third-order valence-electron chi connectivity index (χ3n) is 17.0. The van der Waals surface area contributed by atoms with Crippen molar-refractivity contribution in [3.05, 3.63) is 350 Å². The van der Waals surface area contributed by atoms with E-state index in [0.717, 1.165) is 89.7 Å². The maximum absolute atomic E-state index is 6.26. The van der Waals surface area contributed by atoms with E-state index in [0.29, 0.717) is 11.8 Å². The van der Waals surface area contributed by atoms with Crippen molar-refractivity contribution in [2.24, 2.45) is 0 Å². The van der Waals surface area contributed by atoms with Crippen LogP contribution >= 0.6 is 0 Å². The number of para-hydroxylation sites is 4. The van der Waals surface area contributed by atoms with Crippen molar-refractivity contribution in [1.82, 2.24) is 9.97 Å². The zero-order valence-electron chi connectivity index (χ0n) is 47.3. The van der Waals surface area contributed by atoms with E-state index in [1.54, 1.807) is 0 Å². The summed E-state index contributed by atoms with van der Waals surface area (Å²) in [7, 11) is 0. The van der Waals surface area contributed by atoms with Crippen LogP contribution in [-0.4, -0.2) is 9.97 Å². The first-order valence-corrected chi connectivity index (χ1v) is 29.4. The second-order valence-electron chi connectivity index (χ2n) is 22.1. The van der Waals surface area contributed by atoms with Gasteiger partial charge in [-0.25, -0.2) is 9.97 Å². The second-order valence-corrected chi connectivity index (χ2v) is 22.1. The number of benzene rings is 13. The van der Waals surface area contributed by atoms with E-state index in [9.17, 15) is 0 Å². The Balaban J connectivity index is 0.804. The van der Waals surface area contributed by atoms with Gasteiger partial charge in [0.05, 0.1) is 5.41 Å². The maximum atomic E-state index is 6.26. The van der Waals surface area contributed by atoms with Crippen LogP contribution in [0, 0.1) is 0 Å². The molecule has 1 aliphatic rings. The Morgan fingerprint density at radius 2 is 0.540 bits per heavy atom. The molecule has 0 saturated carbocycles. The van der Waals surface area contributed by atoms with Gasteiger partial charge in [-0.05, 0) is 194 Å². The Morgan fingerprint density at radius 3 is 0.954 bits per heavy atom. The predicted molar refractivity (Wildman–Crippen MR) is 355 cm³/mol. The summed E-state index contributed by atoms with van der Waals surface area (Å²) in [5.74, 6) is 1.19. The van der Waals surface area contributed by atoms with Crippen LogP contribution in [0.25, 0.3) is 89.6 Å². The molecule has 16 rings (SSSR count). The summed E-state index contributed by atoms with van der Waals surface area (Å²) in [6.45, 7) is 0. The van der Waals surface area contributed by atoms with Gasteiger partial charge in [-0.1, -0.05) is 200 Å². The lowest BCUT2D eigenvalue weighted by molar-refractivity contribution is 0.619. The molecule has 410 valence electrons. The van der Waals surface area contributed by atoms with E-state index >= 15 is 0 Å². The third kappa shape index (κ3) is 9.15. The summed E-state index contributed by atoms with van der Waals surface area (Å²) in [5, 5.41) is 0. The molecule has 0 bridgehead atoms. The fraction of sp³-hybridized carbons (Fsp3) is 0.0123. The first-order valence-electron chi connectivity index (χ1n) is 29.4. The quantitative estimate of drug-likeness (QED) is 0.115. The van der Waals surface area contributed by atoms with Gasteiger partial charge in [0, 0.05) is 45.3 Å². The Hall–Kier alpha value is -11.6. The van der Waals surface area contributed by atoms with Crippen molar-refractivity contribution in [3.8, 4) is 67.4 Å². The number of rotatable bonds is 13. The Morgan fingerprint density at radius 1 is 0.241 bits per heavy atom. The van der Waals surface area contributed by atoms with Crippen LogP contribution in [0.4, 0.5) is 34.1 Å². The van der Waals surface area contributed by atoms with E-state index in [1.165, 1.54) is 44.5 Å². The van der Waals surface area contributed by atoms with Crippen LogP contribution in [0.2, 0.25) is 0 Å². The highest BCUT2D eigenvalue weighted by Gasteiger charge is 2.46. The maximum Gasteiger partial charge on any atom is 0.227 e. The van der Waals surface area contributed by atoms with E-state index in [-0.39, 0.29) is 0 Å². The van der Waals surface area contributed by atoms with Crippen LogP contribution in [-0.2, 0) is 5.41 Å². The van der Waals surface area contributed by atoms with E-state index < -0.39 is 5.41 Å². The zero-order chi connectivity index (χ0) is 57.7. The number of hydrogen-bond donors (Lipinski definition) is 0. The molecule has 6 heteroatoms. The van der Waals surface area contributed by atoms with Gasteiger partial charge in [-0.2, -0.15) is 0 Å². The molecule has 2 heterocycles. The minimum absolute atomic E-state index is 0.592. The highest BCUT2D eigenvalue weighted by Crippen LogP contribution is 2.58. The van der Waals surface area contributed by atoms with Gasteiger partial charge in [0.15, 0.2) is 11.2 Å². The number of fused-ring (bicyclic) bond motifs is 5. The highest BCUT2D eigenvalue weighted by atomic mass is 16.4. The molecular weight excluding hydrogens is 1060 g/mol. The summed E-state index contributed by atoms with van der Waals surface area (Å²) in [6.07, 6.45) is 0. The summed E-state index contributed by atoms with van der Waals surface area (Å²) in [4.78, 5) is 14.3. The number of hydrogen-bond acceptors (Lipinski definition) is 6. The summed E-state index contributed by atoms with van der Waals surface area (Å²) < 4.78 is 12.5. The lowest BCUT2D eigenvalue weighted by atomic mass is 9.67. The van der Waals surface area contributed by atoms with Gasteiger partial charge in [0.1, 0.15) is 11.0 Å². The number of oxazole rings is 2. The molecule has 6 nitrogen and oxygen atoms in total. The molecule has 13 aromatic carbocycles. The molecule has 15 aromatic rings. The van der Waals surface area contributed by atoms with E-state index in [1.807, 2.05) is 48.5 Å². The van der Waals surface area contributed by atoms with Crippen molar-refractivity contribution in [2.45, 2.75) is 5.41 Å². The molecule has 0 radical (unpaired) electrons. The Kier molecular flexibility index (Phi) is 12.6. The molecule has 0 unspecified atom stereocenters. The van der Waals surface area contributed by atoms with E-state index in [4.69, 9.17) is 18.8 Å². The second kappa shape index (κ2) is 21.5. The number of aromatic nitrogens is 2. The van der Waals surface area contributed by atoms with Gasteiger partial charge in [-0.3, -0.25) is 0 Å². The van der Waals surface area contributed by atoms with Gasteiger partial charge in [0.25, 0.3) is 0 Å². The van der Waals surface area contributed by atoms with Crippen LogP contribution < -0.4 is 9.80 Å². The minimum Gasteiger partial charge on any atom is -0.436 e. The standard InChI is InChI=1S/C81H54N4O2/c1-5-17-55(18-6-1)57-29-40-65(41-30-57)84(67-46-35-60(36-47-67)79-82-75-25-13-15-27-77(75)86-79)66-44-33-59(34-45-66)62-39-51-71-72-52-50-70(54-74(72)81(73(71)53-62,63-21-9-3-10-22-63)64-23-11-4-12-24-64)85(68-42-31-58(32-43-68)56-19-7-2-8-20-56)69-48-37-61(38-49-69)80-83-76-26-14-16-28-78(76)87-80/h1-54H. The third-order valence-corrected chi connectivity index (χ3v) is 17.0. The molecule has 0 amide bonds. The van der Waals surface area contributed by atoms with Crippen molar-refractivity contribution >= 4 is 56.3 Å². The molecule has 0 aliphatic heterocycles. The van der Waals surface area contributed by atoms with E-state index in [2.05, 4.69) is 289 Å². The molecular formula is C81H54N4O2. The average molecular weight is 1120 g/mol. The lowest BCUT2D eigenvalue weighted by Gasteiger charge is -2.35. The SMILES string of the molecule is c1ccc(-c2ccc(N(c3ccc(-c4ccc5c(c4)C(c4ccccc4)(c4ccccc4)c4cc(N(c6ccc(-c7ccccc7)cc6)c6ccc(-c7nc8ccccc8o7)cc6)ccc4-5)cc3)c3ccc(-c4nc5ccccc5o4)cc3)cc2)cc1. The highest BCUT2D eigenvalue weighted by molar-refractivity contribution is 5.92. The fourth-order valence-corrected chi connectivity index (χ4v) is 12.9. The van der Waals surface area contributed by atoms with Gasteiger partial charge in [-0.15, -0.1) is 0 Å². The van der Waals surface area contributed by atoms with Gasteiger partial charge >= 0.3 is 0 Å². The normalized spacial score (nSPS) is 12.2. The van der Waals surface area contributed by atoms with Crippen LogP contribution in [0.1, 0.15) is 22.3 Å². The predicted octanol–water partition coefficient (Wildman–Crippen LogP) is 21.6. The topological polar surface area (TPSA) is 58.5 Å².